The molecule has 2 amide bonds. The molecule has 1 aromatic heterocycles. The molecule has 1 aromatic carbocycles. The van der Waals surface area contributed by atoms with Crippen LogP contribution in [0.15, 0.2) is 36.5 Å². The summed E-state index contributed by atoms with van der Waals surface area (Å²) < 4.78 is 0. The molecule has 0 radical (unpaired) electrons. The fourth-order valence-corrected chi connectivity index (χ4v) is 4.24. The van der Waals surface area contributed by atoms with Crippen molar-refractivity contribution in [3.05, 3.63) is 42.1 Å². The third kappa shape index (κ3) is 3.67. The highest BCUT2D eigenvalue weighted by atomic mass is 16.2. The highest BCUT2D eigenvalue weighted by molar-refractivity contribution is 5.87. The van der Waals surface area contributed by atoms with E-state index in [-0.39, 0.29) is 30.3 Å². The Morgan fingerprint density at radius 2 is 2.07 bits per heavy atom. The molecule has 27 heavy (non-hydrogen) atoms. The molecule has 6 heteroatoms. The van der Waals surface area contributed by atoms with Crippen LogP contribution in [0.1, 0.15) is 18.4 Å². The molecule has 3 saturated heterocycles. The van der Waals surface area contributed by atoms with E-state index in [1.807, 2.05) is 17.2 Å². The van der Waals surface area contributed by atoms with Gasteiger partial charge in [-0.3, -0.25) is 19.5 Å². The molecule has 6 nitrogen and oxygen atoms in total. The Bertz CT molecular complexity index is 866. The number of piperidine rings is 1. The highest BCUT2D eigenvalue weighted by Crippen LogP contribution is 2.30. The van der Waals surface area contributed by atoms with Crippen LogP contribution >= 0.6 is 0 Å². The van der Waals surface area contributed by atoms with E-state index in [1.54, 1.807) is 19.0 Å². The van der Waals surface area contributed by atoms with Crippen LogP contribution in [-0.4, -0.2) is 71.3 Å². The summed E-state index contributed by atoms with van der Waals surface area (Å²) >= 11 is 0. The normalized spacial score (nSPS) is 22.9. The van der Waals surface area contributed by atoms with Crippen molar-refractivity contribution in [1.82, 2.24) is 19.7 Å². The second kappa shape index (κ2) is 7.27. The van der Waals surface area contributed by atoms with E-state index in [9.17, 15) is 9.59 Å². The van der Waals surface area contributed by atoms with Crippen LogP contribution in [0.5, 0.6) is 0 Å². The predicted molar refractivity (Wildman–Crippen MR) is 104 cm³/mol. The van der Waals surface area contributed by atoms with Crippen LogP contribution in [0.3, 0.4) is 0 Å². The van der Waals surface area contributed by atoms with Gasteiger partial charge in [0.1, 0.15) is 6.54 Å². The Balaban J connectivity index is 1.50. The maximum absolute atomic E-state index is 12.9. The van der Waals surface area contributed by atoms with Gasteiger partial charge < -0.3 is 9.80 Å². The quantitative estimate of drug-likeness (QED) is 0.827. The average molecular weight is 366 g/mol. The number of fused-ring (bicyclic) bond motifs is 5. The lowest BCUT2D eigenvalue weighted by Gasteiger charge is -2.36. The lowest BCUT2D eigenvalue weighted by atomic mass is 9.94. The van der Waals surface area contributed by atoms with Crippen molar-refractivity contribution in [3.63, 3.8) is 0 Å². The van der Waals surface area contributed by atoms with Gasteiger partial charge in [-0.05, 0) is 36.6 Å². The first-order valence-electron chi connectivity index (χ1n) is 9.58. The minimum Gasteiger partial charge on any atom is -0.347 e. The third-order valence-corrected chi connectivity index (χ3v) is 5.75. The van der Waals surface area contributed by atoms with Gasteiger partial charge in [-0.1, -0.05) is 12.1 Å². The van der Waals surface area contributed by atoms with Crippen molar-refractivity contribution in [1.29, 1.82) is 0 Å². The Morgan fingerprint density at radius 3 is 2.89 bits per heavy atom. The molecule has 4 heterocycles. The van der Waals surface area contributed by atoms with E-state index in [0.29, 0.717) is 0 Å². The van der Waals surface area contributed by atoms with Crippen molar-refractivity contribution in [2.24, 2.45) is 5.92 Å². The lowest BCUT2D eigenvalue weighted by Crippen LogP contribution is -2.51. The molecule has 0 N–H and O–H groups in total. The van der Waals surface area contributed by atoms with Crippen LogP contribution in [-0.2, 0) is 16.1 Å². The predicted octanol–water partition coefficient (Wildman–Crippen LogP) is 1.75. The minimum atomic E-state index is -0.00974. The van der Waals surface area contributed by atoms with Crippen molar-refractivity contribution in [2.75, 3.05) is 33.7 Å². The number of amides is 2. The van der Waals surface area contributed by atoms with E-state index in [4.69, 9.17) is 0 Å². The van der Waals surface area contributed by atoms with Crippen molar-refractivity contribution >= 4 is 22.7 Å². The van der Waals surface area contributed by atoms with Crippen molar-refractivity contribution in [2.45, 2.75) is 25.4 Å². The average Bonchev–Trinajstić information content (AvgIpc) is 2.93. The number of rotatable bonds is 4. The van der Waals surface area contributed by atoms with Crippen molar-refractivity contribution < 1.29 is 9.59 Å². The number of hydrogen-bond acceptors (Lipinski definition) is 4. The summed E-state index contributed by atoms with van der Waals surface area (Å²) in [6.07, 6.45) is 3.72. The van der Waals surface area contributed by atoms with E-state index in [0.717, 1.165) is 43.4 Å². The van der Waals surface area contributed by atoms with Gasteiger partial charge in [-0.2, -0.15) is 0 Å². The van der Waals surface area contributed by atoms with Gasteiger partial charge in [0.15, 0.2) is 0 Å². The van der Waals surface area contributed by atoms with Crippen LogP contribution in [0.4, 0.5) is 0 Å². The monoisotopic (exact) mass is 366 g/mol. The SMILES string of the molecule is CN(C)C(=O)CN1C(=O)[C@H]2CC[C@@H]1CN(Cc1ccc3ncccc3c1)C2. The zero-order valence-electron chi connectivity index (χ0n) is 16.0. The Kier molecular flexibility index (Phi) is 4.83. The van der Waals surface area contributed by atoms with Crippen LogP contribution in [0, 0.1) is 5.92 Å². The largest absolute Gasteiger partial charge is 0.347 e. The number of carbonyl (C=O) groups is 2. The summed E-state index contributed by atoms with van der Waals surface area (Å²) in [5.41, 5.74) is 2.24. The first-order chi connectivity index (χ1) is 13.0. The number of nitrogens with zero attached hydrogens (tertiary/aromatic N) is 4. The summed E-state index contributed by atoms with van der Waals surface area (Å²) in [6, 6.07) is 10.5. The molecule has 2 bridgehead atoms. The fourth-order valence-electron chi connectivity index (χ4n) is 4.24. The zero-order valence-corrected chi connectivity index (χ0v) is 16.0. The standard InChI is InChI=1S/C21H26N4O2/c1-23(2)20(26)14-25-18-7-6-17(21(25)27)12-24(13-18)11-15-5-8-19-16(10-15)4-3-9-22-19/h3-5,8-10,17-18H,6-7,11-14H2,1-2H3/t17-,18+/m0/s1. The first-order valence-corrected chi connectivity index (χ1v) is 9.58. The second-order valence-corrected chi connectivity index (χ2v) is 7.91. The number of hydrogen-bond donors (Lipinski definition) is 0. The molecule has 3 fully saturated rings. The number of likely N-dealkylation sites (N-methyl/N-ethyl adjacent to an activating group) is 1. The van der Waals surface area contributed by atoms with Gasteiger partial charge in [-0.25, -0.2) is 0 Å². The van der Waals surface area contributed by atoms with Crippen molar-refractivity contribution in [3.8, 4) is 0 Å². The number of benzene rings is 1. The number of pyridine rings is 1. The van der Waals surface area contributed by atoms with Crippen LogP contribution in [0.25, 0.3) is 10.9 Å². The Labute approximate surface area is 159 Å². The molecule has 3 aliphatic rings. The van der Waals surface area contributed by atoms with Gasteiger partial charge >= 0.3 is 0 Å². The molecule has 3 aliphatic heterocycles. The molecule has 2 aromatic rings. The van der Waals surface area contributed by atoms with Gasteiger partial charge in [-0.15, -0.1) is 0 Å². The summed E-state index contributed by atoms with van der Waals surface area (Å²) in [5.74, 6) is 0.136. The highest BCUT2D eigenvalue weighted by Gasteiger charge is 2.41. The van der Waals surface area contributed by atoms with E-state index in [1.165, 1.54) is 5.56 Å². The smallest absolute Gasteiger partial charge is 0.241 e. The van der Waals surface area contributed by atoms with E-state index < -0.39 is 0 Å². The van der Waals surface area contributed by atoms with Gasteiger partial charge in [0.2, 0.25) is 11.8 Å². The number of carbonyl (C=O) groups excluding carboxylic acids is 2. The molecule has 5 rings (SSSR count). The maximum atomic E-state index is 12.9. The minimum absolute atomic E-state index is 0.000773. The molecule has 0 unspecified atom stereocenters. The van der Waals surface area contributed by atoms with Gasteiger partial charge in [0.05, 0.1) is 11.4 Å². The third-order valence-electron chi connectivity index (χ3n) is 5.75. The Hall–Kier alpha value is -2.47. The number of aromatic nitrogens is 1. The lowest BCUT2D eigenvalue weighted by molar-refractivity contribution is -0.145. The molecule has 0 aliphatic carbocycles. The topological polar surface area (TPSA) is 56.8 Å². The molecule has 142 valence electrons. The van der Waals surface area contributed by atoms with Gasteiger partial charge in [0, 0.05) is 51.4 Å². The maximum Gasteiger partial charge on any atom is 0.241 e. The summed E-state index contributed by atoms with van der Waals surface area (Å²) in [5, 5.41) is 1.14. The summed E-state index contributed by atoms with van der Waals surface area (Å²) in [4.78, 5) is 35.1. The molecule has 2 atom stereocenters. The summed E-state index contributed by atoms with van der Waals surface area (Å²) in [6.45, 7) is 2.62. The van der Waals surface area contributed by atoms with Gasteiger partial charge in [0.25, 0.3) is 0 Å². The molecule has 0 spiro atoms. The van der Waals surface area contributed by atoms with Crippen LogP contribution in [0.2, 0.25) is 0 Å². The first kappa shape index (κ1) is 17.9. The summed E-state index contributed by atoms with van der Waals surface area (Å²) in [7, 11) is 3.48. The molecular weight excluding hydrogens is 340 g/mol. The fraction of sp³-hybridized carbons (Fsp3) is 0.476. The molecule has 0 saturated carbocycles. The Morgan fingerprint density at radius 1 is 1.22 bits per heavy atom. The van der Waals surface area contributed by atoms with E-state index >= 15 is 0 Å². The zero-order chi connectivity index (χ0) is 19.0. The van der Waals surface area contributed by atoms with E-state index in [2.05, 4.69) is 34.1 Å². The molecular formula is C21H26N4O2. The van der Waals surface area contributed by atoms with Crippen LogP contribution < -0.4 is 0 Å². The second-order valence-electron chi connectivity index (χ2n) is 7.91.